The van der Waals surface area contributed by atoms with Crippen LogP contribution >= 0.6 is 11.3 Å². The highest BCUT2D eigenvalue weighted by Crippen LogP contribution is 2.28. The summed E-state index contributed by atoms with van der Waals surface area (Å²) < 4.78 is 44.4. The molecule has 0 unspecified atom stereocenters. The van der Waals surface area contributed by atoms with Crippen LogP contribution in [0.2, 0.25) is 0 Å². The highest BCUT2D eigenvalue weighted by atomic mass is 32.2. The van der Waals surface area contributed by atoms with Crippen LogP contribution in [0.1, 0.15) is 29.9 Å². The number of aryl methyl sites for hydroxylation is 1. The number of ether oxygens (including phenoxy) is 3. The van der Waals surface area contributed by atoms with E-state index in [4.69, 9.17) is 14.2 Å². The van der Waals surface area contributed by atoms with Crippen molar-refractivity contribution in [1.82, 2.24) is 9.21 Å². The van der Waals surface area contributed by atoms with Gasteiger partial charge in [-0.2, -0.15) is 4.31 Å². The second-order valence-corrected chi connectivity index (χ2v) is 12.6. The molecule has 0 fully saturated rings. The van der Waals surface area contributed by atoms with Crippen molar-refractivity contribution in [3.8, 4) is 17.2 Å². The lowest BCUT2D eigenvalue weighted by atomic mass is 10.1. The van der Waals surface area contributed by atoms with Gasteiger partial charge in [0, 0.05) is 18.0 Å². The molecule has 2 aromatic carbocycles. The van der Waals surface area contributed by atoms with Crippen LogP contribution in [0.5, 0.6) is 17.2 Å². The molecule has 39 heavy (non-hydrogen) atoms. The van der Waals surface area contributed by atoms with Gasteiger partial charge in [0.15, 0.2) is 11.5 Å². The largest absolute Gasteiger partial charge is 0.497 e. The maximum absolute atomic E-state index is 13.8. The zero-order valence-electron chi connectivity index (χ0n) is 23.5. The van der Waals surface area contributed by atoms with Crippen molar-refractivity contribution in [3.05, 3.63) is 69.9 Å². The second-order valence-electron chi connectivity index (χ2n) is 9.65. The predicted octanol–water partition coefficient (Wildman–Crippen LogP) is 5.00. The zero-order valence-corrected chi connectivity index (χ0v) is 25.1. The lowest BCUT2D eigenvalue weighted by Gasteiger charge is -2.28. The molecule has 3 rings (SSSR count). The minimum Gasteiger partial charge on any atom is -0.497 e. The first-order valence-corrected chi connectivity index (χ1v) is 15.1. The Kier molecular flexibility index (Phi) is 10.8. The first-order valence-electron chi connectivity index (χ1n) is 12.7. The number of carbonyl (C=O) groups excluding carboxylic acids is 1. The Balaban J connectivity index is 1.86. The van der Waals surface area contributed by atoms with Gasteiger partial charge in [-0.15, -0.1) is 11.3 Å². The van der Waals surface area contributed by atoms with Gasteiger partial charge < -0.3 is 19.1 Å². The van der Waals surface area contributed by atoms with Crippen LogP contribution in [-0.2, 0) is 27.8 Å². The number of hydrogen-bond donors (Lipinski definition) is 0. The number of amides is 1. The lowest BCUT2D eigenvalue weighted by molar-refractivity contribution is -0.132. The van der Waals surface area contributed by atoms with Gasteiger partial charge in [0.25, 0.3) is 0 Å². The summed E-state index contributed by atoms with van der Waals surface area (Å²) in [4.78, 5) is 16.7. The van der Waals surface area contributed by atoms with Crippen molar-refractivity contribution in [2.45, 2.75) is 38.6 Å². The number of sulfonamides is 1. The molecule has 1 amide bonds. The van der Waals surface area contributed by atoms with E-state index >= 15 is 0 Å². The van der Waals surface area contributed by atoms with Crippen LogP contribution in [0.25, 0.3) is 0 Å². The fraction of sp³-hybridized carbons (Fsp3) is 0.414. The fourth-order valence-corrected chi connectivity index (χ4v) is 6.61. The summed E-state index contributed by atoms with van der Waals surface area (Å²) in [5.41, 5.74) is 2.09. The van der Waals surface area contributed by atoms with E-state index in [1.807, 2.05) is 50.4 Å². The number of thiophene rings is 1. The molecule has 0 aliphatic carbocycles. The van der Waals surface area contributed by atoms with E-state index in [1.165, 1.54) is 23.5 Å². The Bertz CT molecular complexity index is 1340. The Labute approximate surface area is 236 Å². The van der Waals surface area contributed by atoms with E-state index in [2.05, 4.69) is 0 Å². The van der Waals surface area contributed by atoms with Crippen molar-refractivity contribution in [3.63, 3.8) is 0 Å². The Morgan fingerprint density at radius 2 is 1.64 bits per heavy atom. The molecular formula is C29H38N2O6S2. The van der Waals surface area contributed by atoms with E-state index in [9.17, 15) is 13.2 Å². The molecule has 0 spiro atoms. The smallest absolute Gasteiger partial charge is 0.243 e. The summed E-state index contributed by atoms with van der Waals surface area (Å²) in [6, 6.07) is 13.9. The van der Waals surface area contributed by atoms with E-state index in [1.54, 1.807) is 42.6 Å². The SMILES string of the molecule is COc1ccc(S(=O)(=O)N(CC(=O)N(CCc2ccc(OC)c(OC)c2)Cc2sccc2C)CC(C)C)cc1. The second kappa shape index (κ2) is 13.8. The molecule has 3 aromatic rings. The van der Waals surface area contributed by atoms with Gasteiger partial charge in [0.1, 0.15) is 5.75 Å². The minimum atomic E-state index is -3.90. The van der Waals surface area contributed by atoms with E-state index in [0.29, 0.717) is 36.8 Å². The number of methoxy groups -OCH3 is 3. The average Bonchev–Trinajstić information content (AvgIpc) is 3.33. The summed E-state index contributed by atoms with van der Waals surface area (Å²) in [5, 5.41) is 2.00. The van der Waals surface area contributed by atoms with E-state index < -0.39 is 10.0 Å². The van der Waals surface area contributed by atoms with Gasteiger partial charge in [-0.3, -0.25) is 4.79 Å². The summed E-state index contributed by atoms with van der Waals surface area (Å²) in [5.74, 6) is 1.60. The molecule has 0 radical (unpaired) electrons. The summed E-state index contributed by atoms with van der Waals surface area (Å²) in [6.07, 6.45) is 0.575. The fourth-order valence-electron chi connectivity index (χ4n) is 4.13. The quantitative estimate of drug-likeness (QED) is 0.269. The van der Waals surface area contributed by atoms with Crippen molar-refractivity contribution in [2.24, 2.45) is 5.92 Å². The Morgan fingerprint density at radius 1 is 0.949 bits per heavy atom. The van der Waals surface area contributed by atoms with Crippen molar-refractivity contribution in [1.29, 1.82) is 0 Å². The van der Waals surface area contributed by atoms with Gasteiger partial charge in [-0.1, -0.05) is 19.9 Å². The van der Waals surface area contributed by atoms with Crippen molar-refractivity contribution >= 4 is 27.3 Å². The van der Waals surface area contributed by atoms with Crippen LogP contribution < -0.4 is 14.2 Å². The molecule has 10 heteroatoms. The van der Waals surface area contributed by atoms with Gasteiger partial charge in [-0.05, 0) is 78.2 Å². The molecule has 0 bridgehead atoms. The minimum absolute atomic E-state index is 0.0329. The molecule has 0 atom stereocenters. The monoisotopic (exact) mass is 574 g/mol. The lowest BCUT2D eigenvalue weighted by Crippen LogP contribution is -2.44. The maximum Gasteiger partial charge on any atom is 0.243 e. The molecule has 0 saturated heterocycles. The number of carbonyl (C=O) groups is 1. The molecule has 8 nitrogen and oxygen atoms in total. The zero-order chi connectivity index (χ0) is 28.6. The number of nitrogens with zero attached hydrogens (tertiary/aromatic N) is 2. The molecular weight excluding hydrogens is 536 g/mol. The third kappa shape index (κ3) is 7.97. The van der Waals surface area contributed by atoms with Gasteiger partial charge in [0.2, 0.25) is 15.9 Å². The third-order valence-corrected chi connectivity index (χ3v) is 9.18. The summed E-state index contributed by atoms with van der Waals surface area (Å²) >= 11 is 1.59. The van der Waals surface area contributed by atoms with Crippen LogP contribution in [0.4, 0.5) is 0 Å². The van der Waals surface area contributed by atoms with Gasteiger partial charge in [0.05, 0.1) is 39.3 Å². The highest BCUT2D eigenvalue weighted by molar-refractivity contribution is 7.89. The predicted molar refractivity (Wildman–Crippen MR) is 154 cm³/mol. The number of rotatable bonds is 14. The average molecular weight is 575 g/mol. The number of benzene rings is 2. The highest BCUT2D eigenvalue weighted by Gasteiger charge is 2.29. The molecule has 212 valence electrons. The Hall–Kier alpha value is -3.08. The first-order chi connectivity index (χ1) is 18.6. The molecule has 0 N–H and O–H groups in total. The molecule has 0 aliphatic rings. The third-order valence-electron chi connectivity index (χ3n) is 6.35. The Morgan fingerprint density at radius 3 is 2.21 bits per heavy atom. The van der Waals surface area contributed by atoms with Crippen LogP contribution in [-0.4, -0.2) is 64.5 Å². The topological polar surface area (TPSA) is 85.4 Å². The van der Waals surface area contributed by atoms with Crippen molar-refractivity contribution < 1.29 is 27.4 Å². The first kappa shape index (κ1) is 30.5. The van der Waals surface area contributed by atoms with E-state index in [0.717, 1.165) is 16.0 Å². The molecule has 0 saturated carbocycles. The molecule has 0 aliphatic heterocycles. The van der Waals surface area contributed by atoms with Crippen LogP contribution in [0.15, 0.2) is 58.8 Å². The summed E-state index contributed by atoms with van der Waals surface area (Å²) in [7, 11) is 0.800. The van der Waals surface area contributed by atoms with Crippen molar-refractivity contribution in [2.75, 3.05) is 41.0 Å². The van der Waals surface area contributed by atoms with Gasteiger partial charge in [-0.25, -0.2) is 8.42 Å². The normalized spacial score (nSPS) is 11.6. The maximum atomic E-state index is 13.8. The molecule has 1 heterocycles. The van der Waals surface area contributed by atoms with Crippen LogP contribution in [0, 0.1) is 12.8 Å². The number of hydrogen-bond acceptors (Lipinski definition) is 7. The van der Waals surface area contributed by atoms with Gasteiger partial charge >= 0.3 is 0 Å². The molecule has 1 aromatic heterocycles. The standard InChI is InChI=1S/C29H38N2O6S2/c1-21(2)18-31(39(33,34)25-10-8-24(35-4)9-11-25)20-29(32)30(19-28-22(3)14-16-38-28)15-13-23-7-12-26(36-5)27(17-23)37-6/h7-12,14,16-17,21H,13,15,18-20H2,1-6H3. The van der Waals surface area contributed by atoms with E-state index in [-0.39, 0.29) is 29.8 Å². The van der Waals surface area contributed by atoms with Crippen LogP contribution in [0.3, 0.4) is 0 Å². The summed E-state index contributed by atoms with van der Waals surface area (Å²) in [6.45, 7) is 6.69.